The fourth-order valence-corrected chi connectivity index (χ4v) is 4.50. The number of hydrogen-bond donors (Lipinski definition) is 0. The topological polar surface area (TPSA) is 17.1 Å². The van der Waals surface area contributed by atoms with E-state index in [2.05, 4.69) is 28.3 Å². The summed E-state index contributed by atoms with van der Waals surface area (Å²) in [5, 5.41) is 6.24. The van der Waals surface area contributed by atoms with Crippen LogP contribution in [0.25, 0.3) is 9.40 Å². The van der Waals surface area contributed by atoms with Gasteiger partial charge in [-0.1, -0.05) is 0 Å². The maximum atomic E-state index is 12.0. The van der Waals surface area contributed by atoms with Crippen LogP contribution in [-0.2, 0) is 6.42 Å². The van der Waals surface area contributed by atoms with Crippen LogP contribution in [-0.4, -0.2) is 5.78 Å². The second-order valence-corrected chi connectivity index (χ2v) is 6.63. The number of carbonyl (C=O) groups is 1. The van der Waals surface area contributed by atoms with Gasteiger partial charge in [-0.3, -0.25) is 4.79 Å². The predicted molar refractivity (Wildman–Crippen MR) is 76.7 cm³/mol. The first-order valence-corrected chi connectivity index (χ1v) is 7.98. The highest BCUT2D eigenvalue weighted by atomic mass is 32.1. The average molecular weight is 278 g/mol. The number of hydrogen-bond acceptors (Lipinski definition) is 4. The van der Waals surface area contributed by atoms with Gasteiger partial charge in [-0.25, -0.2) is 0 Å². The molecule has 0 fully saturated rings. The first-order valence-electron chi connectivity index (χ1n) is 5.34. The summed E-state index contributed by atoms with van der Waals surface area (Å²) in [6.07, 6.45) is 1.47. The summed E-state index contributed by atoms with van der Waals surface area (Å²) < 4.78 is 2.46. The number of ketones is 1. The lowest BCUT2D eigenvalue weighted by molar-refractivity contribution is 0.0987. The zero-order chi connectivity index (χ0) is 11.7. The molecule has 0 aromatic carbocycles. The van der Waals surface area contributed by atoms with Crippen LogP contribution in [0.2, 0.25) is 0 Å². The van der Waals surface area contributed by atoms with Gasteiger partial charge in [-0.05, 0) is 46.3 Å². The van der Waals surface area contributed by atoms with E-state index in [0.717, 1.165) is 11.3 Å². The fourth-order valence-electron chi connectivity index (χ4n) is 1.72. The molecule has 0 aliphatic rings. The van der Waals surface area contributed by atoms with Gasteiger partial charge in [0.15, 0.2) is 5.78 Å². The van der Waals surface area contributed by atoms with Crippen LogP contribution in [0.1, 0.15) is 21.7 Å². The van der Waals surface area contributed by atoms with Crippen molar-refractivity contribution in [3.63, 3.8) is 0 Å². The summed E-state index contributed by atoms with van der Waals surface area (Å²) in [6, 6.07) is 6.20. The van der Waals surface area contributed by atoms with Crippen molar-refractivity contribution >= 4 is 49.2 Å². The zero-order valence-electron chi connectivity index (χ0n) is 9.01. The Labute approximate surface area is 111 Å². The maximum Gasteiger partial charge on any atom is 0.173 e. The molecule has 0 radical (unpaired) electrons. The summed E-state index contributed by atoms with van der Waals surface area (Å²) in [7, 11) is 0. The van der Waals surface area contributed by atoms with E-state index in [1.54, 1.807) is 34.0 Å². The van der Waals surface area contributed by atoms with Crippen molar-refractivity contribution in [1.82, 2.24) is 0 Å². The molecule has 3 rings (SSSR count). The predicted octanol–water partition coefficient (Wildman–Crippen LogP) is 4.84. The second-order valence-electron chi connectivity index (χ2n) is 3.81. The highest BCUT2D eigenvalue weighted by Gasteiger charge is 2.11. The Hall–Kier alpha value is -0.970. The van der Waals surface area contributed by atoms with E-state index in [-0.39, 0.29) is 5.78 Å². The SMILES string of the molecule is O=C(CCc1ccsc1)c1cc2sccc2s1. The van der Waals surface area contributed by atoms with Gasteiger partial charge in [0, 0.05) is 15.8 Å². The van der Waals surface area contributed by atoms with E-state index in [4.69, 9.17) is 0 Å². The molecule has 0 bridgehead atoms. The molecule has 86 valence electrons. The molecule has 3 aromatic heterocycles. The smallest absolute Gasteiger partial charge is 0.173 e. The molecule has 0 N–H and O–H groups in total. The summed E-state index contributed by atoms with van der Waals surface area (Å²) in [5.74, 6) is 0.268. The van der Waals surface area contributed by atoms with Gasteiger partial charge < -0.3 is 0 Å². The number of thiophene rings is 3. The van der Waals surface area contributed by atoms with Crippen molar-refractivity contribution in [2.45, 2.75) is 12.8 Å². The molecule has 0 saturated heterocycles. The van der Waals surface area contributed by atoms with Crippen LogP contribution in [0.5, 0.6) is 0 Å². The van der Waals surface area contributed by atoms with Gasteiger partial charge in [0.25, 0.3) is 0 Å². The van der Waals surface area contributed by atoms with Crippen LogP contribution in [0.3, 0.4) is 0 Å². The molecule has 0 atom stereocenters. The monoisotopic (exact) mass is 278 g/mol. The Morgan fingerprint density at radius 3 is 2.88 bits per heavy atom. The van der Waals surface area contributed by atoms with Crippen LogP contribution in [0.15, 0.2) is 34.3 Å². The second kappa shape index (κ2) is 4.72. The normalized spacial score (nSPS) is 11.1. The molecular formula is C13H10OS3. The Morgan fingerprint density at radius 1 is 1.18 bits per heavy atom. The van der Waals surface area contributed by atoms with Crippen molar-refractivity contribution in [2.24, 2.45) is 0 Å². The van der Waals surface area contributed by atoms with Crippen molar-refractivity contribution in [2.75, 3.05) is 0 Å². The molecule has 0 spiro atoms. The van der Waals surface area contributed by atoms with Crippen LogP contribution >= 0.6 is 34.0 Å². The minimum atomic E-state index is 0.268. The van der Waals surface area contributed by atoms with Gasteiger partial charge in [-0.15, -0.1) is 22.7 Å². The van der Waals surface area contributed by atoms with Crippen LogP contribution in [0, 0.1) is 0 Å². The Bertz CT molecular complexity index is 602. The van der Waals surface area contributed by atoms with Crippen molar-refractivity contribution in [3.8, 4) is 0 Å². The fraction of sp³-hybridized carbons (Fsp3) is 0.154. The molecule has 3 aromatic rings. The molecule has 3 heterocycles. The number of rotatable bonds is 4. The number of carbonyl (C=O) groups excluding carboxylic acids is 1. The first-order chi connectivity index (χ1) is 8.33. The third-order valence-electron chi connectivity index (χ3n) is 2.64. The molecular weight excluding hydrogens is 268 g/mol. The minimum absolute atomic E-state index is 0.268. The minimum Gasteiger partial charge on any atom is -0.293 e. The van der Waals surface area contributed by atoms with E-state index >= 15 is 0 Å². The van der Waals surface area contributed by atoms with Gasteiger partial charge in [0.1, 0.15) is 0 Å². The van der Waals surface area contributed by atoms with Crippen molar-refractivity contribution in [1.29, 1.82) is 0 Å². The van der Waals surface area contributed by atoms with E-state index in [0.29, 0.717) is 6.42 Å². The third kappa shape index (κ3) is 2.34. The molecule has 0 aliphatic heterocycles. The van der Waals surface area contributed by atoms with Gasteiger partial charge in [-0.2, -0.15) is 11.3 Å². The Morgan fingerprint density at radius 2 is 2.12 bits per heavy atom. The molecule has 0 amide bonds. The molecule has 1 nitrogen and oxygen atoms in total. The van der Waals surface area contributed by atoms with Gasteiger partial charge in [0.2, 0.25) is 0 Å². The maximum absolute atomic E-state index is 12.0. The zero-order valence-corrected chi connectivity index (χ0v) is 11.5. The van der Waals surface area contributed by atoms with Crippen LogP contribution in [0.4, 0.5) is 0 Å². The lowest BCUT2D eigenvalue weighted by Crippen LogP contribution is -1.97. The van der Waals surface area contributed by atoms with E-state index in [9.17, 15) is 4.79 Å². The number of Topliss-reactive ketones (excluding diaryl/α,β-unsaturated/α-hetero) is 1. The summed E-state index contributed by atoms with van der Waals surface area (Å²) in [5.41, 5.74) is 1.27. The lowest BCUT2D eigenvalue weighted by atomic mass is 10.1. The van der Waals surface area contributed by atoms with Crippen LogP contribution < -0.4 is 0 Å². The standard InChI is InChI=1S/C13H10OS3/c14-10(2-1-9-3-5-15-8-9)12-7-13-11(17-12)4-6-16-13/h3-8H,1-2H2. The molecule has 0 aliphatic carbocycles. The summed E-state index contributed by atoms with van der Waals surface area (Å²) in [6.45, 7) is 0. The van der Waals surface area contributed by atoms with Crippen molar-refractivity contribution < 1.29 is 4.79 Å². The molecule has 17 heavy (non-hydrogen) atoms. The van der Waals surface area contributed by atoms with Gasteiger partial charge >= 0.3 is 0 Å². The largest absolute Gasteiger partial charge is 0.293 e. The van der Waals surface area contributed by atoms with E-state index in [1.807, 2.05) is 6.07 Å². The molecule has 4 heteroatoms. The highest BCUT2D eigenvalue weighted by molar-refractivity contribution is 7.27. The van der Waals surface area contributed by atoms with Gasteiger partial charge in [0.05, 0.1) is 4.88 Å². The quantitative estimate of drug-likeness (QED) is 0.624. The molecule has 0 saturated carbocycles. The summed E-state index contributed by atoms with van der Waals surface area (Å²) >= 11 is 5.00. The molecule has 0 unspecified atom stereocenters. The van der Waals surface area contributed by atoms with Crippen molar-refractivity contribution in [3.05, 3.63) is 44.8 Å². The highest BCUT2D eigenvalue weighted by Crippen LogP contribution is 2.30. The summed E-state index contributed by atoms with van der Waals surface area (Å²) in [4.78, 5) is 12.9. The Kier molecular flexibility index (Phi) is 3.09. The number of fused-ring (bicyclic) bond motifs is 1. The Balaban J connectivity index is 1.72. The van der Waals surface area contributed by atoms with E-state index < -0.39 is 0 Å². The first kappa shape index (κ1) is 11.1. The lowest BCUT2D eigenvalue weighted by Gasteiger charge is -1.95. The van der Waals surface area contributed by atoms with E-state index in [1.165, 1.54) is 15.0 Å². The number of aryl methyl sites for hydroxylation is 1. The average Bonchev–Trinajstić information content (AvgIpc) is 3.01. The third-order valence-corrected chi connectivity index (χ3v) is 5.50.